The van der Waals surface area contributed by atoms with Gasteiger partial charge in [0, 0.05) is 12.8 Å². The van der Waals surface area contributed by atoms with Crippen LogP contribution >= 0.6 is 0 Å². The number of carbonyl (C=O) groups is 2. The zero-order valence-electron chi connectivity index (χ0n) is 44.5. The van der Waals surface area contributed by atoms with Crippen LogP contribution in [0.5, 0.6) is 0 Å². The van der Waals surface area contributed by atoms with Crippen LogP contribution in [0.2, 0.25) is 0 Å². The molecule has 11 heteroatoms. The first-order valence-electron chi connectivity index (χ1n) is 28.6. The number of aliphatic hydroxyl groups excluding tert-OH is 5. The summed E-state index contributed by atoms with van der Waals surface area (Å²) in [5, 5.41) is 54.3. The molecular weight excluding hydrogens is 883 g/mol. The second kappa shape index (κ2) is 48.6. The summed E-state index contributed by atoms with van der Waals surface area (Å²) >= 11 is 0. The fourth-order valence-electron chi connectivity index (χ4n) is 8.49. The highest BCUT2D eigenvalue weighted by molar-refractivity contribution is 5.76. The first-order chi connectivity index (χ1) is 34.2. The molecule has 11 nitrogen and oxygen atoms in total. The van der Waals surface area contributed by atoms with Crippen LogP contribution < -0.4 is 5.32 Å². The molecule has 0 radical (unpaired) electrons. The van der Waals surface area contributed by atoms with Crippen molar-refractivity contribution in [3.05, 3.63) is 60.8 Å². The van der Waals surface area contributed by atoms with Crippen LogP contribution in [0.25, 0.3) is 0 Å². The molecule has 0 aromatic rings. The van der Waals surface area contributed by atoms with Gasteiger partial charge in [-0.3, -0.25) is 9.59 Å². The minimum Gasteiger partial charge on any atom is -0.466 e. The third-order valence-corrected chi connectivity index (χ3v) is 13.1. The fourth-order valence-corrected chi connectivity index (χ4v) is 8.49. The van der Waals surface area contributed by atoms with E-state index in [0.717, 1.165) is 103 Å². The molecule has 406 valence electrons. The van der Waals surface area contributed by atoms with Crippen LogP contribution in [-0.2, 0) is 23.8 Å². The number of esters is 1. The van der Waals surface area contributed by atoms with Gasteiger partial charge < -0.3 is 45.1 Å². The first kappa shape index (κ1) is 65.4. The van der Waals surface area contributed by atoms with E-state index in [-0.39, 0.29) is 18.5 Å². The van der Waals surface area contributed by atoms with Gasteiger partial charge in [0.2, 0.25) is 5.91 Å². The van der Waals surface area contributed by atoms with Crippen LogP contribution in [-0.4, -0.2) is 100 Å². The number of carbonyl (C=O) groups excluding carboxylic acids is 2. The number of rotatable bonds is 48. The number of amides is 1. The molecule has 0 aromatic carbocycles. The van der Waals surface area contributed by atoms with Crippen molar-refractivity contribution in [1.82, 2.24) is 5.32 Å². The number of aliphatic hydroxyl groups is 5. The Labute approximate surface area is 427 Å². The van der Waals surface area contributed by atoms with E-state index in [1.165, 1.54) is 103 Å². The van der Waals surface area contributed by atoms with Crippen molar-refractivity contribution in [2.75, 3.05) is 19.8 Å². The van der Waals surface area contributed by atoms with Crippen molar-refractivity contribution in [3.63, 3.8) is 0 Å². The normalized spacial score (nSPS) is 19.7. The lowest BCUT2D eigenvalue weighted by Gasteiger charge is -2.40. The molecule has 0 saturated carbocycles. The third kappa shape index (κ3) is 38.0. The third-order valence-electron chi connectivity index (χ3n) is 13.1. The molecule has 0 aliphatic carbocycles. The Bertz CT molecular complexity index is 1350. The van der Waals surface area contributed by atoms with E-state index in [1.54, 1.807) is 6.08 Å². The number of allylic oxidation sites excluding steroid dienone is 9. The van der Waals surface area contributed by atoms with Crippen LogP contribution in [0.15, 0.2) is 60.8 Å². The summed E-state index contributed by atoms with van der Waals surface area (Å²) in [5.41, 5.74) is 0. The molecule has 1 saturated heterocycles. The maximum atomic E-state index is 13.0. The molecule has 1 fully saturated rings. The van der Waals surface area contributed by atoms with E-state index in [4.69, 9.17) is 14.2 Å². The summed E-state index contributed by atoms with van der Waals surface area (Å²) in [6.45, 7) is 4.23. The van der Waals surface area contributed by atoms with Gasteiger partial charge in [0.15, 0.2) is 6.29 Å². The Morgan fingerprint density at radius 1 is 0.529 bits per heavy atom. The van der Waals surface area contributed by atoms with Crippen molar-refractivity contribution in [3.8, 4) is 0 Å². The molecule has 70 heavy (non-hydrogen) atoms. The zero-order chi connectivity index (χ0) is 51.0. The van der Waals surface area contributed by atoms with E-state index < -0.39 is 49.5 Å². The summed E-state index contributed by atoms with van der Waals surface area (Å²) in [7, 11) is 0. The van der Waals surface area contributed by atoms with Gasteiger partial charge in [-0.1, -0.05) is 190 Å². The number of hydrogen-bond donors (Lipinski definition) is 6. The van der Waals surface area contributed by atoms with E-state index >= 15 is 0 Å². The largest absolute Gasteiger partial charge is 0.466 e. The molecule has 0 aromatic heterocycles. The highest BCUT2D eigenvalue weighted by Gasteiger charge is 2.44. The summed E-state index contributed by atoms with van der Waals surface area (Å²) in [4.78, 5) is 25.0. The number of hydrogen-bond acceptors (Lipinski definition) is 10. The second-order valence-corrected chi connectivity index (χ2v) is 19.6. The smallest absolute Gasteiger partial charge is 0.305 e. The highest BCUT2D eigenvalue weighted by atomic mass is 16.7. The van der Waals surface area contributed by atoms with E-state index in [2.05, 4.69) is 67.8 Å². The zero-order valence-corrected chi connectivity index (χ0v) is 44.5. The van der Waals surface area contributed by atoms with E-state index in [9.17, 15) is 35.1 Å². The monoisotopic (exact) mass is 988 g/mol. The van der Waals surface area contributed by atoms with E-state index in [1.807, 2.05) is 6.08 Å². The standard InChI is InChI=1S/C59H105NO10/c1-3-5-7-9-11-13-15-16-22-26-29-33-37-41-45-52(62)51(50-69-59-58(67)57(66)56(65)53(49-61)70-59)60-54(63)46-42-38-34-30-27-23-20-18-17-19-21-24-28-32-36-40-44-48-68-55(64)47-43-39-35-31-25-14-12-10-8-6-4-2/h13,15,17,19,24,26,28-29,41,45,51-53,56-59,61-62,65-67H,3-12,14,16,18,20-23,25,27,30-40,42-44,46-50H2,1-2H3,(H,60,63)/b15-13+,19-17-,28-24-,29-26+,45-41+. The molecule has 1 rings (SSSR count). The fraction of sp³-hybridized carbons (Fsp3) is 0.797. The summed E-state index contributed by atoms with van der Waals surface area (Å²) < 4.78 is 16.6. The van der Waals surface area contributed by atoms with Crippen LogP contribution in [0.1, 0.15) is 239 Å². The first-order valence-corrected chi connectivity index (χ1v) is 28.6. The number of ether oxygens (including phenoxy) is 3. The van der Waals surface area contributed by atoms with Gasteiger partial charge in [-0.15, -0.1) is 0 Å². The van der Waals surface area contributed by atoms with Gasteiger partial charge >= 0.3 is 5.97 Å². The molecule has 7 atom stereocenters. The molecule has 1 aliphatic heterocycles. The Morgan fingerprint density at radius 2 is 0.971 bits per heavy atom. The van der Waals surface area contributed by atoms with Crippen molar-refractivity contribution >= 4 is 11.9 Å². The van der Waals surface area contributed by atoms with Crippen LogP contribution in [0, 0.1) is 0 Å². The highest BCUT2D eigenvalue weighted by Crippen LogP contribution is 2.23. The lowest BCUT2D eigenvalue weighted by atomic mass is 9.99. The van der Waals surface area contributed by atoms with Gasteiger partial charge in [-0.2, -0.15) is 0 Å². The molecule has 7 unspecified atom stereocenters. The molecule has 1 heterocycles. The second-order valence-electron chi connectivity index (χ2n) is 19.6. The SMILES string of the molecule is CCCCCC/C=C/CC/C=C/CC/C=C/C(O)C(COC1OC(CO)C(O)C(O)C1O)NC(=O)CCCCCCCCC/C=C\C/C=C\CCCCCOC(=O)CCCCCCCCCCCCC. The summed E-state index contributed by atoms with van der Waals surface area (Å²) in [6, 6.07) is -0.848. The van der Waals surface area contributed by atoms with Crippen LogP contribution in [0.3, 0.4) is 0 Å². The predicted octanol–water partition coefficient (Wildman–Crippen LogP) is 12.7. The average Bonchev–Trinajstić information content (AvgIpc) is 3.36. The van der Waals surface area contributed by atoms with Crippen molar-refractivity contribution in [2.45, 2.75) is 281 Å². The topological polar surface area (TPSA) is 175 Å². The summed E-state index contributed by atoms with van der Waals surface area (Å²) in [6.07, 6.45) is 51.6. The minimum absolute atomic E-state index is 0.0347. The molecule has 6 N–H and O–H groups in total. The Kier molecular flexibility index (Phi) is 45.4. The van der Waals surface area contributed by atoms with Gasteiger partial charge in [0.05, 0.1) is 32.0 Å². The minimum atomic E-state index is -1.59. The molecule has 1 aliphatic rings. The molecule has 1 amide bonds. The number of unbranched alkanes of at least 4 members (excludes halogenated alkanes) is 26. The molecule has 0 spiro atoms. The van der Waals surface area contributed by atoms with Gasteiger partial charge in [0.1, 0.15) is 24.4 Å². The average molecular weight is 988 g/mol. The quantitative estimate of drug-likeness (QED) is 0.0196. The Morgan fingerprint density at radius 3 is 1.51 bits per heavy atom. The van der Waals surface area contributed by atoms with Crippen molar-refractivity contribution in [1.29, 1.82) is 0 Å². The Balaban J connectivity index is 2.19. The van der Waals surface area contributed by atoms with Crippen molar-refractivity contribution in [2.24, 2.45) is 0 Å². The van der Waals surface area contributed by atoms with Gasteiger partial charge in [0.25, 0.3) is 0 Å². The maximum absolute atomic E-state index is 13.0. The number of nitrogens with one attached hydrogen (secondary N) is 1. The molecular formula is C59H105NO10. The lowest BCUT2D eigenvalue weighted by Crippen LogP contribution is -2.60. The maximum Gasteiger partial charge on any atom is 0.305 e. The predicted molar refractivity (Wildman–Crippen MR) is 287 cm³/mol. The van der Waals surface area contributed by atoms with E-state index in [0.29, 0.717) is 25.9 Å². The van der Waals surface area contributed by atoms with Gasteiger partial charge in [-0.25, -0.2) is 0 Å². The van der Waals surface area contributed by atoms with Gasteiger partial charge in [-0.05, 0) is 96.3 Å². The molecule has 0 bridgehead atoms. The lowest BCUT2D eigenvalue weighted by molar-refractivity contribution is -0.302. The van der Waals surface area contributed by atoms with Crippen LogP contribution in [0.4, 0.5) is 0 Å². The van der Waals surface area contributed by atoms with Crippen molar-refractivity contribution < 1.29 is 49.3 Å². The summed E-state index contributed by atoms with van der Waals surface area (Å²) in [5.74, 6) is -0.249. The Hall–Kier alpha value is -2.64.